The van der Waals surface area contributed by atoms with Gasteiger partial charge in [0.15, 0.2) is 11.9 Å². The first kappa shape index (κ1) is 5.31. The standard InChI is InChI=1S/C5H6O3/c6-4-1-2-8-3-5(4)7/h1-2,5,7H,3H2/t5-/m1/s1. The van der Waals surface area contributed by atoms with Crippen molar-refractivity contribution in [1.29, 1.82) is 0 Å². The summed E-state index contributed by atoms with van der Waals surface area (Å²) in [7, 11) is 0. The van der Waals surface area contributed by atoms with Crippen molar-refractivity contribution in [2.24, 2.45) is 0 Å². The molecule has 3 heteroatoms. The molecule has 0 spiro atoms. The van der Waals surface area contributed by atoms with Crippen molar-refractivity contribution in [3.05, 3.63) is 12.3 Å². The molecule has 0 fully saturated rings. The second kappa shape index (κ2) is 1.96. The van der Waals surface area contributed by atoms with E-state index >= 15 is 0 Å². The number of rotatable bonds is 0. The average Bonchev–Trinajstić information content (AvgIpc) is 1.77. The van der Waals surface area contributed by atoms with Gasteiger partial charge in [-0.25, -0.2) is 0 Å². The zero-order chi connectivity index (χ0) is 5.98. The Balaban J connectivity index is 2.60. The average molecular weight is 114 g/mol. The normalized spacial score (nSPS) is 27.6. The first-order valence-electron chi connectivity index (χ1n) is 2.31. The van der Waals surface area contributed by atoms with E-state index in [1.165, 1.54) is 12.3 Å². The molecule has 0 unspecified atom stereocenters. The van der Waals surface area contributed by atoms with Crippen LogP contribution in [0.25, 0.3) is 0 Å². The summed E-state index contributed by atoms with van der Waals surface area (Å²) in [4.78, 5) is 10.4. The van der Waals surface area contributed by atoms with Crippen molar-refractivity contribution in [2.45, 2.75) is 6.10 Å². The number of carbonyl (C=O) groups excluding carboxylic acids is 1. The van der Waals surface area contributed by atoms with Gasteiger partial charge in [-0.05, 0) is 0 Å². The monoisotopic (exact) mass is 114 g/mol. The number of hydrogen-bond acceptors (Lipinski definition) is 3. The highest BCUT2D eigenvalue weighted by molar-refractivity contribution is 5.93. The van der Waals surface area contributed by atoms with Crippen LogP contribution < -0.4 is 0 Å². The van der Waals surface area contributed by atoms with Gasteiger partial charge in [-0.1, -0.05) is 0 Å². The van der Waals surface area contributed by atoms with Gasteiger partial charge in [0.2, 0.25) is 0 Å². The topological polar surface area (TPSA) is 46.5 Å². The maximum atomic E-state index is 10.4. The van der Waals surface area contributed by atoms with Crippen molar-refractivity contribution in [3.8, 4) is 0 Å². The maximum Gasteiger partial charge on any atom is 0.190 e. The fourth-order valence-corrected chi connectivity index (χ4v) is 0.455. The Labute approximate surface area is 46.6 Å². The molecule has 44 valence electrons. The summed E-state index contributed by atoms with van der Waals surface area (Å²) in [5, 5.41) is 8.65. The third-order valence-electron chi connectivity index (χ3n) is 0.911. The van der Waals surface area contributed by atoms with Gasteiger partial charge >= 0.3 is 0 Å². The van der Waals surface area contributed by atoms with E-state index in [1.54, 1.807) is 0 Å². The zero-order valence-electron chi connectivity index (χ0n) is 4.20. The molecule has 1 N–H and O–H groups in total. The van der Waals surface area contributed by atoms with Crippen LogP contribution >= 0.6 is 0 Å². The van der Waals surface area contributed by atoms with Crippen molar-refractivity contribution >= 4 is 5.78 Å². The Kier molecular flexibility index (Phi) is 1.30. The van der Waals surface area contributed by atoms with Crippen LogP contribution in [0.1, 0.15) is 0 Å². The first-order chi connectivity index (χ1) is 3.80. The van der Waals surface area contributed by atoms with Crippen molar-refractivity contribution in [1.82, 2.24) is 0 Å². The third kappa shape index (κ3) is 0.869. The SMILES string of the molecule is O=C1C=COC[C@H]1O. The summed E-state index contributed by atoms with van der Waals surface area (Å²) in [5.74, 6) is -0.281. The van der Waals surface area contributed by atoms with E-state index < -0.39 is 6.10 Å². The quantitative estimate of drug-likeness (QED) is 0.460. The number of carbonyl (C=O) groups is 1. The van der Waals surface area contributed by atoms with E-state index in [4.69, 9.17) is 5.11 Å². The van der Waals surface area contributed by atoms with Crippen LogP contribution in [-0.2, 0) is 9.53 Å². The molecule has 0 amide bonds. The van der Waals surface area contributed by atoms with Crippen LogP contribution in [0, 0.1) is 0 Å². The Bertz CT molecular complexity index is 128. The predicted molar refractivity (Wildman–Crippen MR) is 26.1 cm³/mol. The van der Waals surface area contributed by atoms with Gasteiger partial charge < -0.3 is 9.84 Å². The van der Waals surface area contributed by atoms with Crippen LogP contribution in [-0.4, -0.2) is 23.6 Å². The maximum absolute atomic E-state index is 10.4. The van der Waals surface area contributed by atoms with Gasteiger partial charge in [-0.3, -0.25) is 4.79 Å². The Morgan fingerprint density at radius 1 is 1.88 bits per heavy atom. The van der Waals surface area contributed by atoms with E-state index in [9.17, 15) is 4.79 Å². The lowest BCUT2D eigenvalue weighted by molar-refractivity contribution is -0.125. The minimum atomic E-state index is -0.944. The van der Waals surface area contributed by atoms with Gasteiger partial charge in [0.05, 0.1) is 6.26 Å². The molecule has 1 rings (SSSR count). The van der Waals surface area contributed by atoms with Gasteiger partial charge in [-0.15, -0.1) is 0 Å². The smallest absolute Gasteiger partial charge is 0.190 e. The molecular formula is C5H6O3. The Hall–Kier alpha value is -0.830. The van der Waals surface area contributed by atoms with E-state index in [2.05, 4.69) is 4.74 Å². The molecule has 0 aromatic rings. The lowest BCUT2D eigenvalue weighted by atomic mass is 10.2. The van der Waals surface area contributed by atoms with E-state index in [0.717, 1.165) is 0 Å². The molecule has 0 saturated carbocycles. The highest BCUT2D eigenvalue weighted by atomic mass is 16.5. The molecule has 0 aromatic carbocycles. The van der Waals surface area contributed by atoms with Crippen molar-refractivity contribution in [3.63, 3.8) is 0 Å². The molecule has 1 aliphatic rings. The molecule has 3 nitrogen and oxygen atoms in total. The molecule has 0 bridgehead atoms. The number of ketones is 1. The van der Waals surface area contributed by atoms with Crippen LogP contribution in [0.3, 0.4) is 0 Å². The largest absolute Gasteiger partial charge is 0.498 e. The summed E-state index contributed by atoms with van der Waals surface area (Å²) >= 11 is 0. The summed E-state index contributed by atoms with van der Waals surface area (Å²) in [5.41, 5.74) is 0. The third-order valence-corrected chi connectivity index (χ3v) is 0.911. The van der Waals surface area contributed by atoms with Gasteiger partial charge in [0.1, 0.15) is 6.61 Å². The minimum Gasteiger partial charge on any atom is -0.498 e. The summed E-state index contributed by atoms with van der Waals surface area (Å²) in [6.45, 7) is 0.0926. The molecular weight excluding hydrogens is 108 g/mol. The van der Waals surface area contributed by atoms with E-state index in [0.29, 0.717) is 0 Å². The predicted octanol–water partition coefficient (Wildman–Crippen LogP) is -0.540. The Morgan fingerprint density at radius 2 is 2.62 bits per heavy atom. The van der Waals surface area contributed by atoms with Crippen molar-refractivity contribution < 1.29 is 14.6 Å². The van der Waals surface area contributed by atoms with Crippen molar-refractivity contribution in [2.75, 3.05) is 6.61 Å². The molecule has 0 aliphatic carbocycles. The first-order valence-corrected chi connectivity index (χ1v) is 2.31. The number of ether oxygens (including phenoxy) is 1. The zero-order valence-corrected chi connectivity index (χ0v) is 4.20. The highest BCUT2D eigenvalue weighted by Gasteiger charge is 2.14. The summed E-state index contributed by atoms with van der Waals surface area (Å²) in [6.07, 6.45) is 1.56. The molecule has 0 radical (unpaired) electrons. The van der Waals surface area contributed by atoms with E-state index in [-0.39, 0.29) is 12.4 Å². The number of hydrogen-bond donors (Lipinski definition) is 1. The van der Waals surface area contributed by atoms with Crippen LogP contribution in [0.15, 0.2) is 12.3 Å². The molecule has 1 heterocycles. The second-order valence-corrected chi connectivity index (χ2v) is 1.55. The van der Waals surface area contributed by atoms with Crippen LogP contribution in [0.2, 0.25) is 0 Å². The van der Waals surface area contributed by atoms with E-state index in [1.807, 2.05) is 0 Å². The molecule has 0 aromatic heterocycles. The fourth-order valence-electron chi connectivity index (χ4n) is 0.455. The number of aliphatic hydroxyl groups excluding tert-OH is 1. The second-order valence-electron chi connectivity index (χ2n) is 1.55. The van der Waals surface area contributed by atoms with Gasteiger partial charge in [-0.2, -0.15) is 0 Å². The number of aliphatic hydroxyl groups is 1. The lowest BCUT2D eigenvalue weighted by Gasteiger charge is -2.09. The molecule has 1 atom stereocenters. The van der Waals surface area contributed by atoms with Crippen LogP contribution in [0.5, 0.6) is 0 Å². The minimum absolute atomic E-state index is 0.0926. The fraction of sp³-hybridized carbons (Fsp3) is 0.400. The molecule has 1 aliphatic heterocycles. The lowest BCUT2D eigenvalue weighted by Crippen LogP contribution is -2.26. The van der Waals surface area contributed by atoms with Crippen LogP contribution in [0.4, 0.5) is 0 Å². The summed E-state index contributed by atoms with van der Waals surface area (Å²) in [6, 6.07) is 0. The Morgan fingerprint density at radius 3 is 3.00 bits per heavy atom. The molecule has 8 heavy (non-hydrogen) atoms. The highest BCUT2D eigenvalue weighted by Crippen LogP contribution is 1.96. The molecule has 0 saturated heterocycles. The summed E-state index contributed by atoms with van der Waals surface area (Å²) < 4.78 is 4.60. The van der Waals surface area contributed by atoms with Gasteiger partial charge in [0, 0.05) is 6.08 Å². The van der Waals surface area contributed by atoms with Gasteiger partial charge in [0.25, 0.3) is 0 Å².